The van der Waals surface area contributed by atoms with E-state index >= 15 is 0 Å². The Morgan fingerprint density at radius 1 is 1.29 bits per heavy atom. The van der Waals surface area contributed by atoms with E-state index in [1.165, 1.54) is 19.2 Å². The number of carboxylic acid groups (broad SMARTS) is 1. The fourth-order valence-electron chi connectivity index (χ4n) is 2.32. The van der Waals surface area contributed by atoms with Crippen LogP contribution in [0.25, 0.3) is 0 Å². The lowest BCUT2D eigenvalue weighted by atomic mass is 9.98. The number of nitrogens with one attached hydrogen (secondary N) is 1. The van der Waals surface area contributed by atoms with Gasteiger partial charge >= 0.3 is 5.97 Å². The Bertz CT molecular complexity index is 764. The number of ether oxygens (including phenoxy) is 1. The minimum absolute atomic E-state index is 0.0656. The summed E-state index contributed by atoms with van der Waals surface area (Å²) in [6.45, 7) is 1.86. The van der Waals surface area contributed by atoms with Gasteiger partial charge in [-0.25, -0.2) is 4.98 Å². The Morgan fingerprint density at radius 3 is 2.58 bits per heavy atom. The maximum atomic E-state index is 12.4. The van der Waals surface area contributed by atoms with Crippen molar-refractivity contribution in [2.75, 3.05) is 7.11 Å². The summed E-state index contributed by atoms with van der Waals surface area (Å²) >= 11 is 5.93. The van der Waals surface area contributed by atoms with Gasteiger partial charge in [0.2, 0.25) is 0 Å². The smallest absolute Gasteiger partial charge is 0.305 e. The molecule has 0 unspecified atom stereocenters. The summed E-state index contributed by atoms with van der Waals surface area (Å²) in [6, 6.07) is 9.63. The molecule has 1 aromatic carbocycles. The van der Waals surface area contributed by atoms with Crippen molar-refractivity contribution in [1.29, 1.82) is 0 Å². The van der Waals surface area contributed by atoms with Gasteiger partial charge in [-0.15, -0.1) is 0 Å². The van der Waals surface area contributed by atoms with Crippen LogP contribution in [0.4, 0.5) is 0 Å². The second-order valence-electron chi connectivity index (χ2n) is 5.17. The van der Waals surface area contributed by atoms with E-state index in [0.717, 1.165) is 11.1 Å². The van der Waals surface area contributed by atoms with Crippen LogP contribution in [-0.2, 0) is 4.79 Å². The third-order valence-electron chi connectivity index (χ3n) is 3.52. The molecular formula is C17H17ClN2O4. The molecule has 0 spiro atoms. The molecule has 0 aliphatic heterocycles. The number of rotatable bonds is 6. The lowest BCUT2D eigenvalue weighted by molar-refractivity contribution is -0.137. The molecule has 1 heterocycles. The lowest BCUT2D eigenvalue weighted by Crippen LogP contribution is -2.31. The van der Waals surface area contributed by atoms with Crippen LogP contribution >= 0.6 is 11.6 Å². The van der Waals surface area contributed by atoms with E-state index in [0.29, 0.717) is 5.75 Å². The predicted octanol–water partition coefficient (Wildman–Crippen LogP) is 3.00. The number of carbonyl (C=O) groups excluding carboxylic acids is 1. The minimum Gasteiger partial charge on any atom is -0.494 e. The van der Waals surface area contributed by atoms with Crippen LogP contribution in [0.1, 0.15) is 34.1 Å². The van der Waals surface area contributed by atoms with Gasteiger partial charge in [-0.2, -0.15) is 0 Å². The molecule has 0 saturated carbocycles. The van der Waals surface area contributed by atoms with Crippen molar-refractivity contribution in [3.05, 3.63) is 58.4 Å². The molecule has 0 radical (unpaired) electrons. The number of aliphatic carboxylic acids is 1. The third kappa shape index (κ3) is 4.23. The van der Waals surface area contributed by atoms with Crippen LogP contribution in [0.15, 0.2) is 36.4 Å². The molecule has 0 saturated heterocycles. The summed E-state index contributed by atoms with van der Waals surface area (Å²) in [4.78, 5) is 27.5. The topological polar surface area (TPSA) is 88.5 Å². The van der Waals surface area contributed by atoms with Crippen LogP contribution in [0, 0.1) is 6.92 Å². The van der Waals surface area contributed by atoms with Gasteiger partial charge in [0.1, 0.15) is 5.69 Å². The Morgan fingerprint density at radius 2 is 2.00 bits per heavy atom. The maximum absolute atomic E-state index is 12.4. The highest BCUT2D eigenvalue weighted by atomic mass is 35.5. The van der Waals surface area contributed by atoms with Gasteiger partial charge in [-0.1, -0.05) is 35.9 Å². The van der Waals surface area contributed by atoms with Crippen LogP contribution in [-0.4, -0.2) is 29.1 Å². The first-order chi connectivity index (χ1) is 11.4. The summed E-state index contributed by atoms with van der Waals surface area (Å²) in [7, 11) is 1.45. The van der Waals surface area contributed by atoms with Crippen molar-refractivity contribution in [3.63, 3.8) is 0 Å². The number of carboxylic acids is 1. The highest BCUT2D eigenvalue weighted by Crippen LogP contribution is 2.23. The van der Waals surface area contributed by atoms with E-state index in [1.807, 2.05) is 19.1 Å². The highest BCUT2D eigenvalue weighted by molar-refractivity contribution is 6.31. The van der Waals surface area contributed by atoms with Gasteiger partial charge in [-0.3, -0.25) is 9.59 Å². The molecule has 0 aliphatic rings. The van der Waals surface area contributed by atoms with Crippen LogP contribution < -0.4 is 10.1 Å². The molecule has 0 bridgehead atoms. The van der Waals surface area contributed by atoms with E-state index in [-0.39, 0.29) is 17.3 Å². The van der Waals surface area contributed by atoms with Gasteiger partial charge in [0.25, 0.3) is 5.91 Å². The monoisotopic (exact) mass is 348 g/mol. The normalized spacial score (nSPS) is 11.6. The van der Waals surface area contributed by atoms with E-state index < -0.39 is 17.9 Å². The molecule has 126 valence electrons. The van der Waals surface area contributed by atoms with Crippen molar-refractivity contribution in [2.24, 2.45) is 0 Å². The van der Waals surface area contributed by atoms with Gasteiger partial charge in [0.05, 0.1) is 19.6 Å². The van der Waals surface area contributed by atoms with E-state index in [1.54, 1.807) is 12.1 Å². The molecule has 1 atom stereocenters. The largest absolute Gasteiger partial charge is 0.494 e. The fourth-order valence-corrected chi connectivity index (χ4v) is 2.55. The average Bonchev–Trinajstić information content (AvgIpc) is 2.54. The van der Waals surface area contributed by atoms with Crippen molar-refractivity contribution >= 4 is 23.5 Å². The molecule has 24 heavy (non-hydrogen) atoms. The average molecular weight is 349 g/mol. The number of pyridine rings is 1. The molecule has 1 aromatic heterocycles. The molecule has 0 fully saturated rings. The molecule has 7 heteroatoms. The first kappa shape index (κ1) is 17.7. The molecule has 2 N–H and O–H groups in total. The zero-order chi connectivity index (χ0) is 17.7. The molecule has 2 rings (SSSR count). The lowest BCUT2D eigenvalue weighted by Gasteiger charge is -2.19. The van der Waals surface area contributed by atoms with Crippen LogP contribution in [0.5, 0.6) is 5.75 Å². The number of aryl methyl sites for hydroxylation is 1. The Balaban J connectivity index is 2.26. The summed E-state index contributed by atoms with van der Waals surface area (Å²) in [5, 5.41) is 11.9. The first-order valence-electron chi connectivity index (χ1n) is 7.21. The number of hydrogen-bond donors (Lipinski definition) is 2. The van der Waals surface area contributed by atoms with Crippen molar-refractivity contribution in [3.8, 4) is 5.75 Å². The summed E-state index contributed by atoms with van der Waals surface area (Å²) in [6.07, 6.45) is -0.236. The van der Waals surface area contributed by atoms with E-state index in [9.17, 15) is 9.59 Å². The quantitative estimate of drug-likeness (QED) is 0.783. The molecule has 2 aromatic rings. The number of carbonyl (C=O) groups is 2. The van der Waals surface area contributed by atoms with Crippen LogP contribution in [0.2, 0.25) is 5.15 Å². The standard InChI is InChI=1S/C17H17ClN2O4/c1-10-5-3-4-6-11(10)13(9-15(21)22)20-17(23)12-7-8-14(24-2)16(18)19-12/h3-8,13H,9H2,1-2H3,(H,20,23)(H,21,22)/t13-/m0/s1. The second-order valence-corrected chi connectivity index (χ2v) is 5.53. The van der Waals surface area contributed by atoms with Crippen molar-refractivity contribution in [1.82, 2.24) is 10.3 Å². The van der Waals surface area contributed by atoms with E-state index in [2.05, 4.69) is 10.3 Å². The number of methoxy groups -OCH3 is 1. The zero-order valence-corrected chi connectivity index (χ0v) is 14.0. The van der Waals surface area contributed by atoms with Crippen LogP contribution in [0.3, 0.4) is 0 Å². The van der Waals surface area contributed by atoms with Crippen molar-refractivity contribution < 1.29 is 19.4 Å². The number of halogens is 1. The molecule has 0 aliphatic carbocycles. The Kier molecular flexibility index (Phi) is 5.76. The fraction of sp³-hybridized carbons (Fsp3) is 0.235. The zero-order valence-electron chi connectivity index (χ0n) is 13.2. The van der Waals surface area contributed by atoms with Gasteiger partial charge < -0.3 is 15.2 Å². The Hall–Kier alpha value is -2.60. The molecule has 6 nitrogen and oxygen atoms in total. The Labute approximate surface area is 144 Å². The molecular weight excluding hydrogens is 332 g/mol. The predicted molar refractivity (Wildman–Crippen MR) is 89.4 cm³/mol. The van der Waals surface area contributed by atoms with Gasteiger partial charge in [-0.05, 0) is 30.2 Å². The third-order valence-corrected chi connectivity index (χ3v) is 3.79. The summed E-state index contributed by atoms with van der Waals surface area (Å²) in [5.41, 5.74) is 1.72. The SMILES string of the molecule is COc1ccc(C(=O)N[C@@H](CC(=O)O)c2ccccc2C)nc1Cl. The first-order valence-corrected chi connectivity index (χ1v) is 7.59. The summed E-state index contributed by atoms with van der Waals surface area (Å²) < 4.78 is 4.99. The summed E-state index contributed by atoms with van der Waals surface area (Å²) in [5.74, 6) is -1.16. The molecule has 1 amide bonds. The maximum Gasteiger partial charge on any atom is 0.305 e. The number of nitrogens with zero attached hydrogens (tertiary/aromatic N) is 1. The number of aromatic nitrogens is 1. The number of amides is 1. The van der Waals surface area contributed by atoms with E-state index in [4.69, 9.17) is 21.4 Å². The van der Waals surface area contributed by atoms with Crippen molar-refractivity contribution in [2.45, 2.75) is 19.4 Å². The van der Waals surface area contributed by atoms with Gasteiger partial charge in [0.15, 0.2) is 10.9 Å². The number of benzene rings is 1. The second kappa shape index (κ2) is 7.79. The minimum atomic E-state index is -1.01. The highest BCUT2D eigenvalue weighted by Gasteiger charge is 2.21. The number of hydrogen-bond acceptors (Lipinski definition) is 4. The van der Waals surface area contributed by atoms with Gasteiger partial charge in [0, 0.05) is 0 Å².